The van der Waals surface area contributed by atoms with Crippen LogP contribution in [0.25, 0.3) is 0 Å². The lowest BCUT2D eigenvalue weighted by Crippen LogP contribution is -2.45. The van der Waals surface area contributed by atoms with Crippen LogP contribution in [-0.2, 0) is 16.1 Å². The maximum absolute atomic E-state index is 12.6. The van der Waals surface area contributed by atoms with Crippen LogP contribution in [-0.4, -0.2) is 11.8 Å². The van der Waals surface area contributed by atoms with E-state index in [1.807, 2.05) is 38.1 Å². The molecule has 0 aliphatic rings. The molecule has 0 fully saturated rings. The van der Waals surface area contributed by atoms with E-state index in [0.717, 1.165) is 16.7 Å². The van der Waals surface area contributed by atoms with Gasteiger partial charge in [-0.25, -0.2) is 0 Å². The van der Waals surface area contributed by atoms with E-state index in [9.17, 15) is 9.59 Å². The van der Waals surface area contributed by atoms with Crippen molar-refractivity contribution < 1.29 is 9.59 Å². The number of amides is 2. The maximum Gasteiger partial charge on any atom is 0.239 e. The fraction of sp³-hybridized carbons (Fsp3) is 0.300. The highest BCUT2D eigenvalue weighted by molar-refractivity contribution is 6.31. The van der Waals surface area contributed by atoms with Crippen LogP contribution < -0.4 is 10.6 Å². The molecule has 0 unspecified atom stereocenters. The Labute approximate surface area is 153 Å². The van der Waals surface area contributed by atoms with Gasteiger partial charge in [-0.05, 0) is 51.0 Å². The molecule has 2 amide bonds. The molecule has 2 N–H and O–H groups in total. The first-order chi connectivity index (χ1) is 11.7. The summed E-state index contributed by atoms with van der Waals surface area (Å²) in [5.41, 5.74) is 2.29. The summed E-state index contributed by atoms with van der Waals surface area (Å²) in [6.07, 6.45) is 0. The van der Waals surface area contributed by atoms with Crippen molar-refractivity contribution >= 4 is 29.1 Å². The minimum absolute atomic E-state index is 0.328. The van der Waals surface area contributed by atoms with E-state index in [0.29, 0.717) is 17.3 Å². The standard InChI is InChI=1S/C20H23ClN2O2/c1-13-7-5-8-15(11-13)12-22-18(24)20(3,4)19(25)23-17-10-6-9-16(21)14(17)2/h5-11H,12H2,1-4H3,(H,22,24)(H,23,25). The molecule has 0 aliphatic heterocycles. The highest BCUT2D eigenvalue weighted by atomic mass is 35.5. The van der Waals surface area contributed by atoms with Crippen LogP contribution in [0.5, 0.6) is 0 Å². The van der Waals surface area contributed by atoms with E-state index < -0.39 is 5.41 Å². The number of carbonyl (C=O) groups excluding carboxylic acids is 2. The third-order valence-corrected chi connectivity index (χ3v) is 4.60. The molecular formula is C20H23ClN2O2. The Balaban J connectivity index is 2.04. The molecule has 0 saturated heterocycles. The number of benzene rings is 2. The number of nitrogens with one attached hydrogen (secondary N) is 2. The fourth-order valence-electron chi connectivity index (χ4n) is 2.35. The van der Waals surface area contributed by atoms with Crippen molar-refractivity contribution in [3.63, 3.8) is 0 Å². The number of hydrogen-bond acceptors (Lipinski definition) is 2. The lowest BCUT2D eigenvalue weighted by atomic mass is 9.90. The lowest BCUT2D eigenvalue weighted by Gasteiger charge is -2.23. The summed E-state index contributed by atoms with van der Waals surface area (Å²) in [5.74, 6) is -0.703. The first-order valence-electron chi connectivity index (χ1n) is 8.12. The van der Waals surface area contributed by atoms with Gasteiger partial charge in [-0.15, -0.1) is 0 Å². The van der Waals surface area contributed by atoms with Crippen LogP contribution >= 0.6 is 11.6 Å². The van der Waals surface area contributed by atoms with Gasteiger partial charge in [0.2, 0.25) is 11.8 Å². The number of halogens is 1. The average Bonchev–Trinajstić information content (AvgIpc) is 2.56. The van der Waals surface area contributed by atoms with Crippen molar-refractivity contribution in [2.45, 2.75) is 34.2 Å². The Kier molecular flexibility index (Phi) is 5.85. The van der Waals surface area contributed by atoms with Crippen LogP contribution in [0.15, 0.2) is 42.5 Å². The molecule has 0 aliphatic carbocycles. The Bertz CT molecular complexity index is 800. The molecule has 0 bridgehead atoms. The normalized spacial score (nSPS) is 11.1. The van der Waals surface area contributed by atoms with Crippen LogP contribution in [0.4, 0.5) is 5.69 Å². The molecule has 0 heterocycles. The SMILES string of the molecule is Cc1cccc(CNC(=O)C(C)(C)C(=O)Nc2cccc(Cl)c2C)c1. The summed E-state index contributed by atoms with van der Waals surface area (Å²) in [5, 5.41) is 6.20. The largest absolute Gasteiger partial charge is 0.351 e. The van der Waals surface area contributed by atoms with Gasteiger partial charge in [-0.3, -0.25) is 9.59 Å². The molecule has 2 rings (SSSR count). The lowest BCUT2D eigenvalue weighted by molar-refractivity contribution is -0.138. The summed E-state index contributed by atoms with van der Waals surface area (Å²) in [6.45, 7) is 7.41. The van der Waals surface area contributed by atoms with Gasteiger partial charge in [-0.2, -0.15) is 0 Å². The minimum Gasteiger partial charge on any atom is -0.351 e. The van der Waals surface area contributed by atoms with Gasteiger partial charge < -0.3 is 10.6 Å². The third kappa shape index (κ3) is 4.60. The zero-order chi connectivity index (χ0) is 18.6. The Morgan fingerprint density at radius 2 is 1.72 bits per heavy atom. The monoisotopic (exact) mass is 358 g/mol. The van der Waals surface area contributed by atoms with Gasteiger partial charge in [0.15, 0.2) is 0 Å². The van der Waals surface area contributed by atoms with Crippen molar-refractivity contribution in [1.29, 1.82) is 0 Å². The quantitative estimate of drug-likeness (QED) is 0.785. The fourth-order valence-corrected chi connectivity index (χ4v) is 2.52. The molecule has 0 atom stereocenters. The van der Waals surface area contributed by atoms with Gasteiger partial charge >= 0.3 is 0 Å². The van der Waals surface area contributed by atoms with Gasteiger partial charge in [-0.1, -0.05) is 47.5 Å². The number of hydrogen-bond donors (Lipinski definition) is 2. The summed E-state index contributed by atoms with van der Waals surface area (Å²) >= 11 is 6.07. The molecule has 4 nitrogen and oxygen atoms in total. The second-order valence-electron chi connectivity index (χ2n) is 6.66. The van der Waals surface area contributed by atoms with Gasteiger partial charge in [0, 0.05) is 17.3 Å². The molecule has 132 valence electrons. The average molecular weight is 359 g/mol. The number of aryl methyl sites for hydroxylation is 1. The van der Waals surface area contributed by atoms with Crippen LogP contribution in [0.3, 0.4) is 0 Å². The summed E-state index contributed by atoms with van der Waals surface area (Å²) < 4.78 is 0. The molecule has 2 aromatic rings. The number of carbonyl (C=O) groups is 2. The van der Waals surface area contributed by atoms with Gasteiger partial charge in [0.05, 0.1) is 0 Å². The van der Waals surface area contributed by atoms with E-state index in [1.165, 1.54) is 0 Å². The summed E-state index contributed by atoms with van der Waals surface area (Å²) in [4.78, 5) is 25.1. The molecule has 5 heteroatoms. The smallest absolute Gasteiger partial charge is 0.239 e. The van der Waals surface area contributed by atoms with Gasteiger partial charge in [0.1, 0.15) is 5.41 Å². The van der Waals surface area contributed by atoms with Gasteiger partial charge in [0.25, 0.3) is 0 Å². The molecule has 2 aromatic carbocycles. The zero-order valence-electron chi connectivity index (χ0n) is 14.9. The highest BCUT2D eigenvalue weighted by Crippen LogP contribution is 2.25. The Morgan fingerprint density at radius 1 is 1.04 bits per heavy atom. The third-order valence-electron chi connectivity index (χ3n) is 4.19. The van der Waals surface area contributed by atoms with Crippen LogP contribution in [0.2, 0.25) is 5.02 Å². The van der Waals surface area contributed by atoms with Crippen molar-refractivity contribution in [2.75, 3.05) is 5.32 Å². The molecule has 0 aromatic heterocycles. The number of anilines is 1. The van der Waals surface area contributed by atoms with Crippen molar-refractivity contribution in [3.05, 3.63) is 64.2 Å². The summed E-state index contributed by atoms with van der Waals surface area (Å²) in [6, 6.07) is 13.2. The first-order valence-corrected chi connectivity index (χ1v) is 8.50. The highest BCUT2D eigenvalue weighted by Gasteiger charge is 2.36. The predicted molar refractivity (Wildman–Crippen MR) is 102 cm³/mol. The second kappa shape index (κ2) is 7.70. The van der Waals surface area contributed by atoms with E-state index >= 15 is 0 Å². The van der Waals surface area contributed by atoms with Crippen molar-refractivity contribution in [3.8, 4) is 0 Å². The maximum atomic E-state index is 12.6. The topological polar surface area (TPSA) is 58.2 Å². The molecule has 0 radical (unpaired) electrons. The molecule has 0 saturated carbocycles. The molecule has 25 heavy (non-hydrogen) atoms. The summed E-state index contributed by atoms with van der Waals surface area (Å²) in [7, 11) is 0. The zero-order valence-corrected chi connectivity index (χ0v) is 15.7. The predicted octanol–water partition coefficient (Wildman–Crippen LogP) is 4.24. The molecular weight excluding hydrogens is 336 g/mol. The molecule has 0 spiro atoms. The van der Waals surface area contributed by atoms with E-state index in [4.69, 9.17) is 11.6 Å². The minimum atomic E-state index is -1.21. The second-order valence-corrected chi connectivity index (χ2v) is 7.07. The van der Waals surface area contributed by atoms with E-state index in [1.54, 1.807) is 32.0 Å². The van der Waals surface area contributed by atoms with Crippen molar-refractivity contribution in [1.82, 2.24) is 5.32 Å². The Hall–Kier alpha value is -2.33. The van der Waals surface area contributed by atoms with E-state index in [2.05, 4.69) is 10.6 Å². The van der Waals surface area contributed by atoms with Crippen molar-refractivity contribution in [2.24, 2.45) is 5.41 Å². The van der Waals surface area contributed by atoms with E-state index in [-0.39, 0.29) is 11.8 Å². The first kappa shape index (κ1) is 19.0. The number of rotatable bonds is 5. The Morgan fingerprint density at radius 3 is 2.40 bits per heavy atom. The van der Waals surface area contributed by atoms with Crippen LogP contribution in [0, 0.1) is 19.3 Å². The van der Waals surface area contributed by atoms with Crippen LogP contribution in [0.1, 0.15) is 30.5 Å².